The SMILES string of the molecule is CC(C)NCC1COCCN1c1ncccc1Cl. The van der Waals surface area contributed by atoms with Crippen LogP contribution in [0.15, 0.2) is 18.3 Å². The van der Waals surface area contributed by atoms with Crippen LogP contribution >= 0.6 is 11.6 Å². The predicted octanol–water partition coefficient (Wildman–Crippen LogP) is 1.94. The van der Waals surface area contributed by atoms with E-state index in [1.165, 1.54) is 0 Å². The largest absolute Gasteiger partial charge is 0.377 e. The van der Waals surface area contributed by atoms with E-state index in [4.69, 9.17) is 16.3 Å². The number of hydrogen-bond donors (Lipinski definition) is 1. The van der Waals surface area contributed by atoms with Crippen molar-refractivity contribution in [2.75, 3.05) is 31.2 Å². The molecule has 2 rings (SSSR count). The van der Waals surface area contributed by atoms with Crippen LogP contribution in [0.4, 0.5) is 5.82 Å². The first-order valence-electron chi connectivity index (χ1n) is 6.36. The van der Waals surface area contributed by atoms with Gasteiger partial charge in [0.1, 0.15) is 5.82 Å². The van der Waals surface area contributed by atoms with E-state index in [0.717, 1.165) is 25.5 Å². The molecule has 0 aliphatic carbocycles. The maximum atomic E-state index is 6.22. The lowest BCUT2D eigenvalue weighted by Crippen LogP contribution is -2.51. The minimum absolute atomic E-state index is 0.286. The molecule has 1 aliphatic heterocycles. The smallest absolute Gasteiger partial charge is 0.147 e. The second-order valence-corrected chi connectivity index (χ2v) is 5.20. The van der Waals surface area contributed by atoms with E-state index in [9.17, 15) is 0 Å². The zero-order chi connectivity index (χ0) is 13.0. The topological polar surface area (TPSA) is 37.4 Å². The standard InChI is InChI=1S/C13H20ClN3O/c1-10(2)16-8-11-9-18-7-6-17(11)13-12(14)4-3-5-15-13/h3-5,10-11,16H,6-9H2,1-2H3. The van der Waals surface area contributed by atoms with E-state index in [1.54, 1.807) is 6.20 Å². The van der Waals surface area contributed by atoms with Gasteiger partial charge in [0.05, 0.1) is 24.3 Å². The van der Waals surface area contributed by atoms with Crippen LogP contribution in [0.25, 0.3) is 0 Å². The minimum Gasteiger partial charge on any atom is -0.377 e. The second kappa shape index (κ2) is 6.36. The fourth-order valence-corrected chi connectivity index (χ4v) is 2.29. The summed E-state index contributed by atoms with van der Waals surface area (Å²) < 4.78 is 5.55. The van der Waals surface area contributed by atoms with Crippen LogP contribution in [0.5, 0.6) is 0 Å². The lowest BCUT2D eigenvalue weighted by Gasteiger charge is -2.37. The van der Waals surface area contributed by atoms with Crippen molar-refractivity contribution in [3.05, 3.63) is 23.4 Å². The van der Waals surface area contributed by atoms with Gasteiger partial charge in [-0.05, 0) is 12.1 Å². The van der Waals surface area contributed by atoms with Crippen molar-refractivity contribution in [1.82, 2.24) is 10.3 Å². The molecular formula is C13H20ClN3O. The Balaban J connectivity index is 2.10. The van der Waals surface area contributed by atoms with Gasteiger partial charge in [-0.2, -0.15) is 0 Å². The number of rotatable bonds is 4. The maximum Gasteiger partial charge on any atom is 0.147 e. The molecule has 4 nitrogen and oxygen atoms in total. The number of anilines is 1. The molecule has 0 amide bonds. The number of morpholine rings is 1. The molecule has 2 heterocycles. The summed E-state index contributed by atoms with van der Waals surface area (Å²) >= 11 is 6.22. The number of ether oxygens (including phenoxy) is 1. The summed E-state index contributed by atoms with van der Waals surface area (Å²) in [6.45, 7) is 7.44. The molecule has 1 saturated heterocycles. The first kappa shape index (κ1) is 13.6. The molecule has 100 valence electrons. The van der Waals surface area contributed by atoms with Gasteiger partial charge in [-0.15, -0.1) is 0 Å². The Kier molecular flexibility index (Phi) is 4.80. The van der Waals surface area contributed by atoms with Crippen molar-refractivity contribution in [1.29, 1.82) is 0 Å². The zero-order valence-electron chi connectivity index (χ0n) is 10.9. The maximum absolute atomic E-state index is 6.22. The monoisotopic (exact) mass is 269 g/mol. The summed E-state index contributed by atoms with van der Waals surface area (Å²) in [6, 6.07) is 4.49. The Hall–Kier alpha value is -0.840. The molecule has 1 fully saturated rings. The lowest BCUT2D eigenvalue weighted by molar-refractivity contribution is 0.0928. The summed E-state index contributed by atoms with van der Waals surface area (Å²) in [5.41, 5.74) is 0. The van der Waals surface area contributed by atoms with Gasteiger partial charge in [-0.25, -0.2) is 4.98 Å². The van der Waals surface area contributed by atoms with Crippen molar-refractivity contribution in [2.45, 2.75) is 25.9 Å². The van der Waals surface area contributed by atoms with E-state index in [2.05, 4.69) is 29.0 Å². The lowest BCUT2D eigenvalue weighted by atomic mass is 10.2. The summed E-state index contributed by atoms with van der Waals surface area (Å²) in [6.07, 6.45) is 1.78. The Morgan fingerprint density at radius 1 is 1.61 bits per heavy atom. The van der Waals surface area contributed by atoms with E-state index in [0.29, 0.717) is 17.7 Å². The van der Waals surface area contributed by atoms with Gasteiger partial charge in [0, 0.05) is 25.3 Å². The van der Waals surface area contributed by atoms with Crippen LogP contribution in [0.2, 0.25) is 5.02 Å². The molecule has 0 saturated carbocycles. The number of nitrogens with one attached hydrogen (secondary N) is 1. The van der Waals surface area contributed by atoms with Crippen LogP contribution in [-0.4, -0.2) is 43.4 Å². The van der Waals surface area contributed by atoms with Crippen molar-refractivity contribution < 1.29 is 4.74 Å². The van der Waals surface area contributed by atoms with Crippen molar-refractivity contribution >= 4 is 17.4 Å². The fourth-order valence-electron chi connectivity index (χ4n) is 2.06. The third-order valence-electron chi connectivity index (χ3n) is 3.00. The number of aromatic nitrogens is 1. The zero-order valence-corrected chi connectivity index (χ0v) is 11.7. The van der Waals surface area contributed by atoms with Gasteiger partial charge in [-0.3, -0.25) is 0 Å². The molecule has 1 aromatic rings. The van der Waals surface area contributed by atoms with E-state index < -0.39 is 0 Å². The van der Waals surface area contributed by atoms with E-state index >= 15 is 0 Å². The molecule has 1 aliphatic rings. The Bertz CT molecular complexity index is 386. The quantitative estimate of drug-likeness (QED) is 0.907. The summed E-state index contributed by atoms with van der Waals surface area (Å²) in [7, 11) is 0. The highest BCUT2D eigenvalue weighted by Gasteiger charge is 2.25. The molecular weight excluding hydrogens is 250 g/mol. The Morgan fingerprint density at radius 3 is 3.17 bits per heavy atom. The first-order valence-corrected chi connectivity index (χ1v) is 6.74. The number of halogens is 1. The van der Waals surface area contributed by atoms with Crippen molar-refractivity contribution in [2.24, 2.45) is 0 Å². The van der Waals surface area contributed by atoms with Crippen LogP contribution in [-0.2, 0) is 4.74 Å². The van der Waals surface area contributed by atoms with E-state index in [-0.39, 0.29) is 6.04 Å². The minimum atomic E-state index is 0.286. The third kappa shape index (κ3) is 3.34. The third-order valence-corrected chi connectivity index (χ3v) is 3.30. The Labute approximate surface area is 113 Å². The highest BCUT2D eigenvalue weighted by molar-refractivity contribution is 6.32. The fraction of sp³-hybridized carbons (Fsp3) is 0.615. The van der Waals surface area contributed by atoms with Gasteiger partial charge in [-0.1, -0.05) is 25.4 Å². The van der Waals surface area contributed by atoms with Crippen molar-refractivity contribution in [3.63, 3.8) is 0 Å². The average molecular weight is 270 g/mol. The van der Waals surface area contributed by atoms with Crippen LogP contribution < -0.4 is 10.2 Å². The van der Waals surface area contributed by atoms with Gasteiger partial charge in [0.15, 0.2) is 0 Å². The Morgan fingerprint density at radius 2 is 2.44 bits per heavy atom. The summed E-state index contributed by atoms with van der Waals surface area (Å²) in [4.78, 5) is 6.63. The predicted molar refractivity (Wildman–Crippen MR) is 74.3 cm³/mol. The molecule has 1 atom stereocenters. The van der Waals surface area contributed by atoms with E-state index in [1.807, 2.05) is 12.1 Å². The number of pyridine rings is 1. The molecule has 5 heteroatoms. The molecule has 1 N–H and O–H groups in total. The second-order valence-electron chi connectivity index (χ2n) is 4.79. The van der Waals surface area contributed by atoms with Crippen LogP contribution in [0.3, 0.4) is 0 Å². The first-order chi connectivity index (χ1) is 8.68. The van der Waals surface area contributed by atoms with Crippen molar-refractivity contribution in [3.8, 4) is 0 Å². The molecule has 0 bridgehead atoms. The van der Waals surface area contributed by atoms with Gasteiger partial charge < -0.3 is 15.0 Å². The van der Waals surface area contributed by atoms with Gasteiger partial charge in [0.25, 0.3) is 0 Å². The highest BCUT2D eigenvalue weighted by Crippen LogP contribution is 2.25. The van der Waals surface area contributed by atoms with Crippen LogP contribution in [0, 0.1) is 0 Å². The molecule has 0 aromatic carbocycles. The normalized spacial score (nSPS) is 20.4. The molecule has 0 spiro atoms. The van der Waals surface area contributed by atoms with Gasteiger partial charge >= 0.3 is 0 Å². The number of hydrogen-bond acceptors (Lipinski definition) is 4. The summed E-state index contributed by atoms with van der Waals surface area (Å²) in [5.74, 6) is 0.859. The molecule has 1 aromatic heterocycles. The molecule has 1 unspecified atom stereocenters. The highest BCUT2D eigenvalue weighted by atomic mass is 35.5. The van der Waals surface area contributed by atoms with Crippen LogP contribution in [0.1, 0.15) is 13.8 Å². The average Bonchev–Trinajstić information content (AvgIpc) is 2.37. The molecule has 18 heavy (non-hydrogen) atoms. The molecule has 0 radical (unpaired) electrons. The van der Waals surface area contributed by atoms with Gasteiger partial charge in [0.2, 0.25) is 0 Å². The summed E-state index contributed by atoms with van der Waals surface area (Å²) in [5, 5.41) is 4.14. The number of nitrogens with zero attached hydrogens (tertiary/aromatic N) is 2.